The van der Waals surface area contributed by atoms with E-state index in [1.165, 1.54) is 10.8 Å². The summed E-state index contributed by atoms with van der Waals surface area (Å²) in [5.41, 5.74) is 12.4. The molecule has 0 aliphatic carbocycles. The first-order valence-corrected chi connectivity index (χ1v) is 18.3. The van der Waals surface area contributed by atoms with Gasteiger partial charge in [-0.1, -0.05) is 115 Å². The molecule has 0 unspecified atom stereocenters. The smallest absolute Gasteiger partial charge is 0.218 e. The fourth-order valence-corrected chi connectivity index (χ4v) is 8.78. The summed E-state index contributed by atoms with van der Waals surface area (Å²) in [6.07, 6.45) is 0. The van der Waals surface area contributed by atoms with Crippen LogP contribution in [0.5, 0.6) is 0 Å². The van der Waals surface area contributed by atoms with E-state index in [1.807, 2.05) is 30.3 Å². The Bertz CT molecular complexity index is 3400. The van der Waals surface area contributed by atoms with Gasteiger partial charge in [0.1, 0.15) is 0 Å². The predicted octanol–water partition coefficient (Wildman–Crippen LogP) is 13.1. The van der Waals surface area contributed by atoms with E-state index in [0.29, 0.717) is 11.3 Å². The largest absolute Gasteiger partial charge is 0.317 e. The average Bonchev–Trinajstić information content (AvgIpc) is 3.89. The van der Waals surface area contributed by atoms with Crippen LogP contribution in [0.1, 0.15) is 5.56 Å². The Morgan fingerprint density at radius 2 is 0.945 bits per heavy atom. The van der Waals surface area contributed by atoms with Crippen molar-refractivity contribution in [2.75, 3.05) is 0 Å². The van der Waals surface area contributed by atoms with Crippen LogP contribution in [0, 0.1) is 17.9 Å². The zero-order chi connectivity index (χ0) is 36.6. The average molecular weight is 700 g/mol. The molecule has 0 aliphatic heterocycles. The fourth-order valence-electron chi connectivity index (χ4n) is 8.78. The summed E-state index contributed by atoms with van der Waals surface area (Å²) in [5, 5.41) is 16.6. The zero-order valence-corrected chi connectivity index (χ0v) is 29.5. The number of hydrogen-bond donors (Lipinski definition) is 0. The first-order valence-electron chi connectivity index (χ1n) is 18.3. The van der Waals surface area contributed by atoms with Gasteiger partial charge in [0.2, 0.25) is 5.69 Å². The number of nitrogens with zero attached hydrogens (tertiary/aromatic N) is 5. The van der Waals surface area contributed by atoms with Crippen LogP contribution in [0.15, 0.2) is 176 Å². The molecule has 0 atom stereocenters. The Morgan fingerprint density at radius 1 is 0.436 bits per heavy atom. The highest BCUT2D eigenvalue weighted by molar-refractivity contribution is 6.15. The lowest BCUT2D eigenvalue weighted by molar-refractivity contribution is 1.13. The summed E-state index contributed by atoms with van der Waals surface area (Å²) < 4.78 is 6.88. The number of benzene rings is 8. The van der Waals surface area contributed by atoms with Gasteiger partial charge in [0.05, 0.1) is 62.7 Å². The third kappa shape index (κ3) is 4.39. The van der Waals surface area contributed by atoms with E-state index in [9.17, 15) is 5.26 Å². The van der Waals surface area contributed by atoms with E-state index in [-0.39, 0.29) is 0 Å². The second-order valence-corrected chi connectivity index (χ2v) is 13.9. The van der Waals surface area contributed by atoms with Gasteiger partial charge in [0, 0.05) is 38.0 Å². The lowest BCUT2D eigenvalue weighted by atomic mass is 10.0. The van der Waals surface area contributed by atoms with Crippen molar-refractivity contribution in [3.63, 3.8) is 0 Å². The summed E-state index contributed by atoms with van der Waals surface area (Å²) in [4.78, 5) is 4.27. The third-order valence-corrected chi connectivity index (χ3v) is 11.1. The van der Waals surface area contributed by atoms with E-state index in [1.54, 1.807) is 0 Å². The molecule has 5 heteroatoms. The molecule has 55 heavy (non-hydrogen) atoms. The van der Waals surface area contributed by atoms with Crippen molar-refractivity contribution in [1.29, 1.82) is 5.26 Å². The molecule has 0 saturated carbocycles. The van der Waals surface area contributed by atoms with E-state index >= 15 is 0 Å². The quantitative estimate of drug-likeness (QED) is 0.169. The maximum absolute atomic E-state index is 9.71. The van der Waals surface area contributed by atoms with Crippen LogP contribution in [-0.2, 0) is 0 Å². The lowest BCUT2D eigenvalue weighted by Crippen LogP contribution is -2.01. The standard InChI is InChI=1S/C50H29N5/c1-52-49-35(33-25-27-34(28-26-33)53-42-18-6-2-14-38(42)40-29-24-32(31-51)30-48(40)53)16-10-22-46(49)55-45-21-9-5-15-39(45)41-17-11-23-47(50(41)55)54-43-19-7-3-12-36(43)37-13-4-8-20-44(37)54/h2-30H. The minimum absolute atomic E-state index is 0.588. The normalized spacial score (nSPS) is 11.6. The van der Waals surface area contributed by atoms with Gasteiger partial charge >= 0.3 is 0 Å². The monoisotopic (exact) mass is 699 g/mol. The third-order valence-electron chi connectivity index (χ3n) is 11.1. The van der Waals surface area contributed by atoms with E-state index in [2.05, 4.69) is 170 Å². The molecule has 0 saturated heterocycles. The number of para-hydroxylation sites is 6. The molecule has 0 bridgehead atoms. The van der Waals surface area contributed by atoms with E-state index < -0.39 is 0 Å². The first kappa shape index (κ1) is 30.7. The Balaban J connectivity index is 1.13. The fraction of sp³-hybridized carbons (Fsp3) is 0. The molecule has 8 aromatic carbocycles. The molecular formula is C50H29N5. The van der Waals surface area contributed by atoms with Crippen LogP contribution in [0.3, 0.4) is 0 Å². The van der Waals surface area contributed by atoms with Crippen molar-refractivity contribution >= 4 is 71.1 Å². The van der Waals surface area contributed by atoms with Crippen molar-refractivity contribution < 1.29 is 0 Å². The number of aromatic nitrogens is 3. The van der Waals surface area contributed by atoms with Crippen LogP contribution in [0.25, 0.3) is 98.5 Å². The Labute approximate surface area is 316 Å². The summed E-state index contributed by atoms with van der Waals surface area (Å²) >= 11 is 0. The molecular weight excluding hydrogens is 671 g/mol. The number of hydrogen-bond acceptors (Lipinski definition) is 1. The predicted molar refractivity (Wildman–Crippen MR) is 226 cm³/mol. The Kier molecular flexibility index (Phi) is 6.61. The molecule has 0 spiro atoms. The maximum Gasteiger partial charge on any atom is 0.218 e. The van der Waals surface area contributed by atoms with Gasteiger partial charge in [-0.25, -0.2) is 4.85 Å². The molecule has 3 heterocycles. The lowest BCUT2D eigenvalue weighted by Gasteiger charge is -2.17. The summed E-state index contributed by atoms with van der Waals surface area (Å²) in [7, 11) is 0. The Hall–Kier alpha value is -7.86. The number of rotatable bonds is 4. The van der Waals surface area contributed by atoms with Crippen molar-refractivity contribution in [2.45, 2.75) is 0 Å². The minimum atomic E-state index is 0.588. The highest BCUT2D eigenvalue weighted by Gasteiger charge is 2.22. The molecule has 254 valence electrons. The van der Waals surface area contributed by atoms with Crippen LogP contribution in [0.4, 0.5) is 5.69 Å². The molecule has 0 aliphatic rings. The van der Waals surface area contributed by atoms with Crippen molar-refractivity contribution in [3.05, 3.63) is 193 Å². The van der Waals surface area contributed by atoms with E-state index in [4.69, 9.17) is 6.57 Å². The first-order chi connectivity index (χ1) is 27.2. The van der Waals surface area contributed by atoms with Crippen molar-refractivity contribution in [3.8, 4) is 34.3 Å². The second kappa shape index (κ2) is 11.8. The molecule has 11 aromatic rings. The van der Waals surface area contributed by atoms with Gasteiger partial charge in [-0.15, -0.1) is 0 Å². The highest BCUT2D eigenvalue weighted by atomic mass is 15.1. The maximum atomic E-state index is 9.71. The van der Waals surface area contributed by atoms with Crippen molar-refractivity contribution in [2.24, 2.45) is 0 Å². The summed E-state index contributed by atoms with van der Waals surface area (Å²) in [6.45, 7) is 8.65. The second-order valence-electron chi connectivity index (χ2n) is 13.9. The van der Waals surface area contributed by atoms with Gasteiger partial charge in [0.15, 0.2) is 0 Å². The summed E-state index contributed by atoms with van der Waals surface area (Å²) in [5.74, 6) is 0. The number of fused-ring (bicyclic) bond motifs is 9. The van der Waals surface area contributed by atoms with Crippen LogP contribution >= 0.6 is 0 Å². The molecule has 0 fully saturated rings. The topological polar surface area (TPSA) is 42.9 Å². The van der Waals surface area contributed by atoms with Gasteiger partial charge in [-0.05, 0) is 71.8 Å². The Morgan fingerprint density at radius 3 is 1.56 bits per heavy atom. The summed E-state index contributed by atoms with van der Waals surface area (Å²) in [6, 6.07) is 63.4. The van der Waals surface area contributed by atoms with Gasteiger partial charge in [-0.3, -0.25) is 0 Å². The highest BCUT2D eigenvalue weighted by Crippen LogP contribution is 2.44. The van der Waals surface area contributed by atoms with E-state index in [0.717, 1.165) is 82.8 Å². The van der Waals surface area contributed by atoms with Gasteiger partial charge in [-0.2, -0.15) is 5.26 Å². The van der Waals surface area contributed by atoms with Gasteiger partial charge in [0.25, 0.3) is 0 Å². The van der Waals surface area contributed by atoms with Gasteiger partial charge < -0.3 is 13.7 Å². The van der Waals surface area contributed by atoms with Crippen molar-refractivity contribution in [1.82, 2.24) is 13.7 Å². The molecule has 0 radical (unpaired) electrons. The molecule has 3 aromatic heterocycles. The molecule has 5 nitrogen and oxygen atoms in total. The number of nitriles is 1. The zero-order valence-electron chi connectivity index (χ0n) is 29.5. The SMILES string of the molecule is [C-]#[N+]c1c(-c2ccc(-n3c4ccccc4c4ccc(C#N)cc43)cc2)cccc1-n1c2ccccc2c2cccc(-n3c4ccccc4c4ccccc43)c21. The molecule has 0 amide bonds. The molecule has 0 N–H and O–H groups in total. The molecule has 11 rings (SSSR count). The minimum Gasteiger partial charge on any atom is -0.317 e. The van der Waals surface area contributed by atoms with Crippen LogP contribution in [0.2, 0.25) is 0 Å². The van der Waals surface area contributed by atoms with Crippen LogP contribution in [-0.4, -0.2) is 13.7 Å². The van der Waals surface area contributed by atoms with Crippen LogP contribution < -0.4 is 0 Å².